The van der Waals surface area contributed by atoms with E-state index in [-0.39, 0.29) is 23.8 Å². The number of hydrogen-bond donors (Lipinski definition) is 2. The number of rotatable bonds is 12. The predicted molar refractivity (Wildman–Crippen MR) is 146 cm³/mol. The Labute approximate surface area is 226 Å². The van der Waals surface area contributed by atoms with Crippen LogP contribution in [0.25, 0.3) is 0 Å². The van der Waals surface area contributed by atoms with Gasteiger partial charge in [0.15, 0.2) is 6.61 Å². The Hall–Kier alpha value is -2.50. The average molecular weight is 545 g/mol. The van der Waals surface area contributed by atoms with Crippen molar-refractivity contribution in [3.8, 4) is 5.75 Å². The fourth-order valence-electron chi connectivity index (χ4n) is 5.03. The molecule has 2 heterocycles. The van der Waals surface area contributed by atoms with Gasteiger partial charge in [-0.2, -0.15) is 4.31 Å². The number of aliphatic hydroxyl groups is 1. The van der Waals surface area contributed by atoms with E-state index < -0.39 is 22.0 Å². The van der Waals surface area contributed by atoms with Crippen molar-refractivity contribution in [3.63, 3.8) is 0 Å². The quantitative estimate of drug-likeness (QED) is 0.419. The van der Waals surface area contributed by atoms with Crippen molar-refractivity contribution in [1.29, 1.82) is 0 Å². The topological polar surface area (TPSA) is 102 Å². The summed E-state index contributed by atoms with van der Waals surface area (Å²) in [4.78, 5) is 16.9. The number of hydrogen-bond acceptors (Lipinski definition) is 7. The summed E-state index contributed by atoms with van der Waals surface area (Å²) in [5.41, 5.74) is 2.62. The zero-order chi connectivity index (χ0) is 27.0. The maximum atomic E-state index is 13.2. The van der Waals surface area contributed by atoms with Crippen molar-refractivity contribution in [2.24, 2.45) is 0 Å². The third kappa shape index (κ3) is 7.77. The first-order chi connectivity index (χ1) is 18.3. The molecule has 0 aromatic heterocycles. The van der Waals surface area contributed by atoms with Gasteiger partial charge in [-0.05, 0) is 55.6 Å². The van der Waals surface area contributed by atoms with Crippen molar-refractivity contribution in [2.45, 2.75) is 43.2 Å². The first kappa shape index (κ1) is 28.5. The van der Waals surface area contributed by atoms with Gasteiger partial charge in [-0.1, -0.05) is 42.8 Å². The van der Waals surface area contributed by atoms with Gasteiger partial charge >= 0.3 is 0 Å². The average Bonchev–Trinajstić information content (AvgIpc) is 2.94. The van der Waals surface area contributed by atoms with Crippen LogP contribution in [0.2, 0.25) is 0 Å². The second kappa shape index (κ2) is 13.5. The molecule has 2 aromatic rings. The molecule has 2 aliphatic heterocycles. The molecule has 0 radical (unpaired) electrons. The summed E-state index contributed by atoms with van der Waals surface area (Å²) >= 11 is 0. The summed E-state index contributed by atoms with van der Waals surface area (Å²) in [5, 5.41) is 13.1. The van der Waals surface area contributed by atoms with E-state index in [2.05, 4.69) is 27.2 Å². The second-order valence-electron chi connectivity index (χ2n) is 10.2. The van der Waals surface area contributed by atoms with Crippen molar-refractivity contribution < 1.29 is 23.1 Å². The van der Waals surface area contributed by atoms with Gasteiger partial charge in [-0.3, -0.25) is 9.69 Å². The largest absolute Gasteiger partial charge is 0.482 e. The molecular formula is C28H40N4O5S. The van der Waals surface area contributed by atoms with Crippen LogP contribution in [-0.4, -0.2) is 99.1 Å². The van der Waals surface area contributed by atoms with Crippen LogP contribution in [0, 0.1) is 0 Å². The van der Waals surface area contributed by atoms with Crippen molar-refractivity contribution in [1.82, 2.24) is 19.4 Å². The molecule has 0 saturated carbocycles. The number of amides is 1. The maximum Gasteiger partial charge on any atom is 0.258 e. The minimum atomic E-state index is -3.78. The molecule has 0 bridgehead atoms. The van der Waals surface area contributed by atoms with Gasteiger partial charge in [0.2, 0.25) is 10.0 Å². The van der Waals surface area contributed by atoms with Gasteiger partial charge in [-0.25, -0.2) is 8.42 Å². The lowest BCUT2D eigenvalue weighted by atomic mass is 10.00. The molecule has 1 saturated heterocycles. The number of ether oxygens (including phenoxy) is 1. The number of carbonyl (C=O) groups excluding carboxylic acids is 1. The lowest BCUT2D eigenvalue weighted by Gasteiger charge is -2.30. The number of likely N-dealkylation sites (tertiary alicyclic amines) is 1. The molecule has 10 heteroatoms. The highest BCUT2D eigenvalue weighted by Gasteiger charge is 2.26. The second-order valence-corrected chi connectivity index (χ2v) is 12.2. The number of piperidine rings is 1. The summed E-state index contributed by atoms with van der Waals surface area (Å²) in [6, 6.07) is 14.7. The normalized spacial score (nSPS) is 17.7. The molecule has 2 aromatic carbocycles. The third-order valence-corrected chi connectivity index (χ3v) is 9.19. The molecule has 1 atom stereocenters. The fourth-order valence-corrected chi connectivity index (χ4v) is 6.32. The van der Waals surface area contributed by atoms with Gasteiger partial charge in [0.25, 0.3) is 5.91 Å². The first-order valence-corrected chi connectivity index (χ1v) is 14.9. The Morgan fingerprint density at radius 2 is 1.74 bits per heavy atom. The summed E-state index contributed by atoms with van der Waals surface area (Å²) in [7, 11) is -2.20. The van der Waals surface area contributed by atoms with Gasteiger partial charge in [0.1, 0.15) is 10.6 Å². The number of likely N-dealkylation sites (N-methyl/N-ethyl adjacent to an activating group) is 1. The van der Waals surface area contributed by atoms with Crippen LogP contribution in [0.15, 0.2) is 53.4 Å². The van der Waals surface area contributed by atoms with Crippen molar-refractivity contribution in [2.75, 3.05) is 59.5 Å². The number of benzene rings is 2. The summed E-state index contributed by atoms with van der Waals surface area (Å²) in [5.74, 6) is -0.279. The minimum Gasteiger partial charge on any atom is -0.482 e. The van der Waals surface area contributed by atoms with Crippen LogP contribution in [-0.2, 0) is 27.8 Å². The summed E-state index contributed by atoms with van der Waals surface area (Å²) in [6.07, 6.45) is 3.76. The van der Waals surface area contributed by atoms with E-state index in [1.54, 1.807) is 25.2 Å². The van der Waals surface area contributed by atoms with Gasteiger partial charge < -0.3 is 20.1 Å². The number of β-amino-alcohol motifs (C(OH)–C–C–N with tert-alkyl or cyclic N) is 1. The van der Waals surface area contributed by atoms with Gasteiger partial charge in [0, 0.05) is 46.3 Å². The molecule has 4 rings (SSSR count). The number of para-hydroxylation sites is 1. The number of nitrogens with one attached hydrogen (secondary N) is 1. The predicted octanol–water partition coefficient (Wildman–Crippen LogP) is 1.71. The Bertz CT molecular complexity index is 1170. The highest BCUT2D eigenvalue weighted by Crippen LogP contribution is 2.26. The number of carbonyl (C=O) groups is 1. The molecule has 0 aliphatic carbocycles. The van der Waals surface area contributed by atoms with Crippen LogP contribution in [0.4, 0.5) is 0 Å². The number of sulfonamides is 1. The molecule has 1 fully saturated rings. The van der Waals surface area contributed by atoms with Gasteiger partial charge in [-0.15, -0.1) is 0 Å². The zero-order valence-corrected chi connectivity index (χ0v) is 23.0. The van der Waals surface area contributed by atoms with Crippen molar-refractivity contribution in [3.05, 3.63) is 59.7 Å². The summed E-state index contributed by atoms with van der Waals surface area (Å²) < 4.78 is 33.5. The van der Waals surface area contributed by atoms with E-state index in [0.717, 1.165) is 45.4 Å². The number of fused-ring (bicyclic) bond motifs is 1. The van der Waals surface area contributed by atoms with E-state index in [9.17, 15) is 18.3 Å². The zero-order valence-electron chi connectivity index (χ0n) is 22.2. The van der Waals surface area contributed by atoms with E-state index in [1.807, 2.05) is 12.1 Å². The molecule has 208 valence electrons. The van der Waals surface area contributed by atoms with E-state index in [0.29, 0.717) is 19.6 Å². The third-order valence-electron chi connectivity index (χ3n) is 7.29. The Kier molecular flexibility index (Phi) is 10.1. The highest BCUT2D eigenvalue weighted by molar-refractivity contribution is 7.89. The fraction of sp³-hybridized carbons (Fsp3) is 0.536. The smallest absolute Gasteiger partial charge is 0.258 e. The Morgan fingerprint density at radius 3 is 2.53 bits per heavy atom. The minimum absolute atomic E-state index is 0.0411. The highest BCUT2D eigenvalue weighted by atomic mass is 32.2. The first-order valence-electron chi connectivity index (χ1n) is 13.5. The molecular weight excluding hydrogens is 504 g/mol. The SMILES string of the molecule is CN(CCN1CCCCC1)S(=O)(=O)c1ccccc1OCC(=O)NCC(O)CN1CCc2ccccc2C1. The van der Waals surface area contributed by atoms with Gasteiger partial charge in [0.05, 0.1) is 6.10 Å². The lowest BCUT2D eigenvalue weighted by Crippen LogP contribution is -2.43. The van der Waals surface area contributed by atoms with E-state index >= 15 is 0 Å². The number of aliphatic hydroxyl groups excluding tert-OH is 1. The molecule has 9 nitrogen and oxygen atoms in total. The molecule has 38 heavy (non-hydrogen) atoms. The molecule has 1 unspecified atom stereocenters. The molecule has 0 spiro atoms. The number of nitrogens with zero attached hydrogens (tertiary/aromatic N) is 3. The van der Waals surface area contributed by atoms with Crippen LogP contribution in [0.3, 0.4) is 0 Å². The van der Waals surface area contributed by atoms with Crippen LogP contribution in [0.1, 0.15) is 30.4 Å². The standard InChI is InChI=1S/C28H40N4O5S/c1-30(17-18-31-14-7-2-8-15-31)38(35,36)27-12-6-5-11-26(27)37-22-28(34)29-19-25(33)21-32-16-13-23-9-3-4-10-24(23)20-32/h3-6,9-12,25,33H,2,7-8,13-22H2,1H3,(H,29,34). The van der Waals surface area contributed by atoms with Crippen LogP contribution < -0.4 is 10.1 Å². The van der Waals surface area contributed by atoms with E-state index in [4.69, 9.17) is 4.74 Å². The van der Waals surface area contributed by atoms with Crippen molar-refractivity contribution >= 4 is 15.9 Å². The summed E-state index contributed by atoms with van der Waals surface area (Å²) in [6.45, 7) is 4.94. The van der Waals surface area contributed by atoms with Crippen LogP contribution >= 0.6 is 0 Å². The lowest BCUT2D eigenvalue weighted by molar-refractivity contribution is -0.123. The molecule has 2 N–H and O–H groups in total. The van der Waals surface area contributed by atoms with E-state index in [1.165, 1.54) is 27.9 Å². The van der Waals surface area contributed by atoms with Crippen LogP contribution in [0.5, 0.6) is 5.75 Å². The Balaban J connectivity index is 1.23. The molecule has 1 amide bonds. The monoisotopic (exact) mass is 544 g/mol. The Morgan fingerprint density at radius 1 is 1.03 bits per heavy atom. The molecule has 2 aliphatic rings. The maximum absolute atomic E-state index is 13.2.